The van der Waals surface area contributed by atoms with Crippen LogP contribution in [0.2, 0.25) is 0 Å². The summed E-state index contributed by atoms with van der Waals surface area (Å²) in [6, 6.07) is 13.1. The molecule has 2 N–H and O–H groups in total. The summed E-state index contributed by atoms with van der Waals surface area (Å²) < 4.78 is 6.84. The summed E-state index contributed by atoms with van der Waals surface area (Å²) in [5, 5.41) is 6.22. The van der Waals surface area contributed by atoms with Gasteiger partial charge in [0.05, 0.1) is 22.5 Å². The van der Waals surface area contributed by atoms with Gasteiger partial charge in [-0.25, -0.2) is 9.78 Å². The van der Waals surface area contributed by atoms with E-state index in [0.717, 1.165) is 34.2 Å². The lowest BCUT2D eigenvalue weighted by atomic mass is 9.89. The second-order valence-electron chi connectivity index (χ2n) is 8.78. The maximum atomic E-state index is 12.6. The molecule has 176 valence electrons. The van der Waals surface area contributed by atoms with Gasteiger partial charge in [-0.05, 0) is 55.5 Å². The number of rotatable bonds is 8. The van der Waals surface area contributed by atoms with Crippen LogP contribution in [-0.4, -0.2) is 23.4 Å². The second-order valence-corrected chi connectivity index (χ2v) is 9.81. The Morgan fingerprint density at radius 2 is 2.00 bits per heavy atom. The monoisotopic (exact) mass is 475 g/mol. The number of amides is 2. The molecule has 4 rings (SSSR count). The van der Waals surface area contributed by atoms with Gasteiger partial charge in [0.15, 0.2) is 10.9 Å². The van der Waals surface area contributed by atoms with Crippen LogP contribution in [-0.2, 0) is 4.79 Å². The molecular formula is C27H29N3O3S. The zero-order chi connectivity index (χ0) is 24.1. The number of anilines is 2. The smallest absolute Gasteiger partial charge is 0.325 e. The summed E-state index contributed by atoms with van der Waals surface area (Å²) in [6.07, 6.45) is 7.75. The van der Waals surface area contributed by atoms with E-state index in [1.54, 1.807) is 6.92 Å². The first kappa shape index (κ1) is 23.7. The molecule has 2 aromatic carbocycles. The van der Waals surface area contributed by atoms with Gasteiger partial charge in [0.2, 0.25) is 0 Å². The molecule has 1 atom stereocenters. The van der Waals surface area contributed by atoms with Crippen molar-refractivity contribution >= 4 is 44.2 Å². The molecular weight excluding hydrogens is 446 g/mol. The van der Waals surface area contributed by atoms with Gasteiger partial charge in [-0.1, -0.05) is 61.6 Å². The molecule has 7 heteroatoms. The predicted molar refractivity (Wildman–Crippen MR) is 139 cm³/mol. The molecule has 0 bridgehead atoms. The van der Waals surface area contributed by atoms with E-state index < -0.39 is 0 Å². The number of nitrogens with one attached hydrogen (secondary N) is 2. The number of carbonyl (C=O) groups is 2. The Labute approximate surface area is 203 Å². The summed E-state index contributed by atoms with van der Waals surface area (Å²) in [7, 11) is 0. The minimum atomic E-state index is -0.370. The van der Waals surface area contributed by atoms with Crippen molar-refractivity contribution in [1.29, 1.82) is 0 Å². The van der Waals surface area contributed by atoms with E-state index in [2.05, 4.69) is 35.5 Å². The average Bonchev–Trinajstić information content (AvgIpc) is 3.21. The Kier molecular flexibility index (Phi) is 7.43. The topological polar surface area (TPSA) is 80.3 Å². The number of urea groups is 1. The Hall–Kier alpha value is -3.45. The fourth-order valence-electron chi connectivity index (χ4n) is 3.73. The first-order valence-corrected chi connectivity index (χ1v) is 12.3. The highest BCUT2D eigenvalue weighted by Gasteiger charge is 2.16. The number of aromatic nitrogens is 1. The maximum Gasteiger partial charge on any atom is 0.325 e. The van der Waals surface area contributed by atoms with Crippen LogP contribution in [0, 0.1) is 5.92 Å². The summed E-state index contributed by atoms with van der Waals surface area (Å²) in [5.74, 6) is 1.42. The third kappa shape index (κ3) is 5.91. The number of allylic oxidation sites excluding steroid dienone is 4. The maximum absolute atomic E-state index is 12.6. The standard InChI is InChI=1S/C27H29N3O3S/c1-17(2)13-14-33-24-10-5-4-9-22(24)28-26(32)30-27-29-23-12-11-21(16-25(23)34-27)20-8-6-7-19(15-20)18(3)31/h4-7,9-12,15-17,20H,8,13-14H2,1-3H3,(H2,28,29,30,32)/t20-/m0/s1. The van der Waals surface area contributed by atoms with E-state index in [9.17, 15) is 9.59 Å². The predicted octanol–water partition coefficient (Wildman–Crippen LogP) is 6.92. The van der Waals surface area contributed by atoms with E-state index in [1.165, 1.54) is 11.3 Å². The van der Waals surface area contributed by atoms with Crippen molar-refractivity contribution in [2.75, 3.05) is 17.2 Å². The van der Waals surface area contributed by atoms with Crippen LogP contribution in [0.5, 0.6) is 5.75 Å². The number of fused-ring (bicyclic) bond motifs is 1. The third-order valence-corrected chi connectivity index (χ3v) is 6.56. The highest BCUT2D eigenvalue weighted by Crippen LogP contribution is 2.33. The highest BCUT2D eigenvalue weighted by atomic mass is 32.1. The zero-order valence-corrected chi connectivity index (χ0v) is 20.4. The SMILES string of the molecule is CC(=O)C1=C[C@@H](c2ccc3nc(NC(=O)Nc4ccccc4OCCC(C)C)sc3c2)CC=C1. The van der Waals surface area contributed by atoms with Crippen molar-refractivity contribution in [3.8, 4) is 5.75 Å². The number of para-hydroxylation sites is 2. The molecule has 0 radical (unpaired) electrons. The van der Waals surface area contributed by atoms with E-state index in [4.69, 9.17) is 4.74 Å². The molecule has 0 saturated heterocycles. The Bertz CT molecular complexity index is 1260. The lowest BCUT2D eigenvalue weighted by Crippen LogP contribution is -2.19. The zero-order valence-electron chi connectivity index (χ0n) is 19.6. The van der Waals surface area contributed by atoms with E-state index >= 15 is 0 Å². The van der Waals surface area contributed by atoms with Crippen molar-refractivity contribution in [3.05, 3.63) is 71.8 Å². The first-order chi connectivity index (χ1) is 16.4. The van der Waals surface area contributed by atoms with Crippen LogP contribution in [0.1, 0.15) is 45.1 Å². The first-order valence-electron chi connectivity index (χ1n) is 11.5. The normalized spacial score (nSPS) is 15.3. The van der Waals surface area contributed by atoms with Gasteiger partial charge in [-0.15, -0.1) is 0 Å². The number of hydrogen-bond donors (Lipinski definition) is 2. The number of Topliss-reactive ketones (excluding diaryl/α,β-unsaturated/α-hetero) is 1. The molecule has 2 amide bonds. The van der Waals surface area contributed by atoms with Gasteiger partial charge >= 0.3 is 6.03 Å². The van der Waals surface area contributed by atoms with Crippen LogP contribution in [0.4, 0.5) is 15.6 Å². The summed E-state index contributed by atoms with van der Waals surface area (Å²) in [5.41, 5.74) is 3.31. The fourth-order valence-corrected chi connectivity index (χ4v) is 4.63. The van der Waals surface area contributed by atoms with Crippen LogP contribution in [0.25, 0.3) is 10.2 Å². The van der Waals surface area contributed by atoms with Gasteiger partial charge in [0.1, 0.15) is 5.75 Å². The minimum absolute atomic E-state index is 0.0733. The van der Waals surface area contributed by atoms with Gasteiger partial charge in [-0.2, -0.15) is 0 Å². The molecule has 0 unspecified atom stereocenters. The van der Waals surface area contributed by atoms with Crippen molar-refractivity contribution < 1.29 is 14.3 Å². The lowest BCUT2D eigenvalue weighted by molar-refractivity contribution is -0.113. The second kappa shape index (κ2) is 10.7. The minimum Gasteiger partial charge on any atom is -0.491 e. The quantitative estimate of drug-likeness (QED) is 0.370. The van der Waals surface area contributed by atoms with Crippen molar-refractivity contribution in [2.24, 2.45) is 5.92 Å². The largest absolute Gasteiger partial charge is 0.491 e. The van der Waals surface area contributed by atoms with Crippen molar-refractivity contribution in [2.45, 2.75) is 39.5 Å². The van der Waals surface area contributed by atoms with E-state index in [-0.39, 0.29) is 17.7 Å². The van der Waals surface area contributed by atoms with Gasteiger partial charge < -0.3 is 10.1 Å². The molecule has 3 aromatic rings. The van der Waals surface area contributed by atoms with Crippen molar-refractivity contribution in [1.82, 2.24) is 4.98 Å². The molecule has 1 aliphatic carbocycles. The molecule has 1 heterocycles. The Morgan fingerprint density at radius 3 is 2.79 bits per heavy atom. The van der Waals surface area contributed by atoms with E-state index in [0.29, 0.717) is 29.1 Å². The number of ether oxygens (including phenoxy) is 1. The van der Waals surface area contributed by atoms with Crippen molar-refractivity contribution in [3.63, 3.8) is 0 Å². The molecule has 0 saturated carbocycles. The number of ketones is 1. The fraction of sp³-hybridized carbons (Fsp3) is 0.296. The number of benzene rings is 2. The molecule has 0 spiro atoms. The molecule has 0 aliphatic heterocycles. The number of nitrogens with zero attached hydrogens (tertiary/aromatic N) is 1. The number of carbonyl (C=O) groups excluding carboxylic acids is 2. The Morgan fingerprint density at radius 1 is 1.18 bits per heavy atom. The summed E-state index contributed by atoms with van der Waals surface area (Å²) in [6.45, 7) is 6.48. The molecule has 1 aliphatic rings. The number of hydrogen-bond acceptors (Lipinski definition) is 5. The van der Waals surface area contributed by atoms with Crippen LogP contribution < -0.4 is 15.4 Å². The van der Waals surface area contributed by atoms with Gasteiger partial charge in [0, 0.05) is 11.5 Å². The average molecular weight is 476 g/mol. The Balaban J connectivity index is 1.44. The highest BCUT2D eigenvalue weighted by molar-refractivity contribution is 7.22. The van der Waals surface area contributed by atoms with Crippen LogP contribution in [0.3, 0.4) is 0 Å². The van der Waals surface area contributed by atoms with Gasteiger partial charge in [-0.3, -0.25) is 10.1 Å². The van der Waals surface area contributed by atoms with Crippen LogP contribution in [0.15, 0.2) is 66.3 Å². The third-order valence-electron chi connectivity index (χ3n) is 5.62. The summed E-state index contributed by atoms with van der Waals surface area (Å²) in [4.78, 5) is 28.9. The molecule has 0 fully saturated rings. The summed E-state index contributed by atoms with van der Waals surface area (Å²) >= 11 is 1.42. The molecule has 6 nitrogen and oxygen atoms in total. The molecule has 34 heavy (non-hydrogen) atoms. The lowest BCUT2D eigenvalue weighted by Gasteiger charge is -2.16. The van der Waals surface area contributed by atoms with E-state index in [1.807, 2.05) is 54.6 Å². The molecule has 1 aromatic heterocycles. The van der Waals surface area contributed by atoms with Gasteiger partial charge in [0.25, 0.3) is 0 Å². The van der Waals surface area contributed by atoms with Crippen LogP contribution >= 0.6 is 11.3 Å². The number of thiazole rings is 1.